The lowest BCUT2D eigenvalue weighted by Gasteiger charge is -2.36. The van der Waals surface area contributed by atoms with Crippen molar-refractivity contribution in [2.45, 2.75) is 59.0 Å². The first-order chi connectivity index (χ1) is 9.47. The van der Waals surface area contributed by atoms with Gasteiger partial charge in [-0.25, -0.2) is 0 Å². The average molecular weight is 281 g/mol. The minimum atomic E-state index is -0.288. The number of carbonyl (C=O) groups excluding carboxylic acids is 2. The number of hydrogen-bond donors (Lipinski definition) is 1. The predicted octanol–water partition coefficient (Wildman–Crippen LogP) is 2.52. The Balaban J connectivity index is 1.79. The number of carbonyl (C=O) groups is 2. The molecule has 4 heteroatoms. The van der Waals surface area contributed by atoms with Gasteiger partial charge in [0, 0.05) is 5.92 Å². The van der Waals surface area contributed by atoms with E-state index in [1.54, 1.807) is 0 Å². The van der Waals surface area contributed by atoms with Crippen molar-refractivity contribution in [3.05, 3.63) is 0 Å². The molecular weight excluding hydrogens is 254 g/mol. The molecule has 0 aromatic rings. The van der Waals surface area contributed by atoms with Crippen molar-refractivity contribution in [2.75, 3.05) is 6.54 Å². The van der Waals surface area contributed by atoms with Crippen molar-refractivity contribution in [2.24, 2.45) is 23.7 Å². The Hall–Kier alpha value is -1.06. The zero-order chi connectivity index (χ0) is 14.7. The second kappa shape index (κ2) is 6.59. The summed E-state index contributed by atoms with van der Waals surface area (Å²) in [7, 11) is 0. The number of hydrogen-bond acceptors (Lipinski definition) is 3. The lowest BCUT2D eigenvalue weighted by molar-refractivity contribution is -0.155. The molecule has 2 saturated carbocycles. The van der Waals surface area contributed by atoms with Crippen LogP contribution < -0.4 is 5.32 Å². The van der Waals surface area contributed by atoms with E-state index >= 15 is 0 Å². The maximum Gasteiger partial charge on any atom is 0.325 e. The highest BCUT2D eigenvalue weighted by molar-refractivity contribution is 5.84. The molecule has 0 saturated heterocycles. The van der Waals surface area contributed by atoms with Gasteiger partial charge in [0.15, 0.2) is 0 Å². The van der Waals surface area contributed by atoms with Crippen LogP contribution in [0.3, 0.4) is 0 Å². The monoisotopic (exact) mass is 281 g/mol. The largest absolute Gasteiger partial charge is 0.461 e. The number of nitrogens with one attached hydrogen (secondary N) is 1. The van der Waals surface area contributed by atoms with Crippen molar-refractivity contribution in [3.63, 3.8) is 0 Å². The fourth-order valence-electron chi connectivity index (χ4n) is 3.11. The molecular formula is C16H27NO3. The number of rotatable bonds is 5. The third kappa shape index (κ3) is 4.22. The number of amides is 1. The molecule has 20 heavy (non-hydrogen) atoms. The molecule has 114 valence electrons. The van der Waals surface area contributed by atoms with Gasteiger partial charge in [0.2, 0.25) is 5.91 Å². The first-order valence-electron chi connectivity index (χ1n) is 7.94. The normalized spacial score (nSPS) is 30.1. The summed E-state index contributed by atoms with van der Waals surface area (Å²) in [5.41, 5.74) is 0. The van der Waals surface area contributed by atoms with E-state index in [0.29, 0.717) is 17.8 Å². The van der Waals surface area contributed by atoms with Crippen LogP contribution in [0.25, 0.3) is 0 Å². The van der Waals surface area contributed by atoms with Crippen LogP contribution in [0.1, 0.15) is 52.9 Å². The summed E-state index contributed by atoms with van der Waals surface area (Å²) in [6, 6.07) is 0. The second-order valence-electron chi connectivity index (χ2n) is 6.85. The van der Waals surface area contributed by atoms with Crippen LogP contribution in [0.4, 0.5) is 0 Å². The van der Waals surface area contributed by atoms with Gasteiger partial charge in [-0.3, -0.25) is 9.59 Å². The summed E-state index contributed by atoms with van der Waals surface area (Å²) in [5.74, 6) is 1.45. The Morgan fingerprint density at radius 1 is 1.20 bits per heavy atom. The number of esters is 1. The van der Waals surface area contributed by atoms with Gasteiger partial charge < -0.3 is 10.1 Å². The standard InChI is InChI=1S/C16H27NO3/c1-10(2)13-7-4-11(3)8-14(13)20-15(18)9-17-16(19)12-5-6-12/h10-14H,4-9H2,1-3H3,(H,17,19). The molecule has 0 aromatic carbocycles. The van der Waals surface area contributed by atoms with Crippen LogP contribution in [0.5, 0.6) is 0 Å². The summed E-state index contributed by atoms with van der Waals surface area (Å²) >= 11 is 0. The zero-order valence-corrected chi connectivity index (χ0v) is 12.9. The van der Waals surface area contributed by atoms with E-state index in [1.807, 2.05) is 0 Å². The molecule has 0 radical (unpaired) electrons. The van der Waals surface area contributed by atoms with Gasteiger partial charge >= 0.3 is 5.97 Å². The molecule has 0 bridgehead atoms. The fraction of sp³-hybridized carbons (Fsp3) is 0.875. The van der Waals surface area contributed by atoms with Crippen molar-refractivity contribution in [1.29, 1.82) is 0 Å². The Morgan fingerprint density at radius 2 is 1.90 bits per heavy atom. The van der Waals surface area contributed by atoms with Crippen LogP contribution in [0.15, 0.2) is 0 Å². The molecule has 1 N–H and O–H groups in total. The van der Waals surface area contributed by atoms with E-state index in [1.165, 1.54) is 6.42 Å². The van der Waals surface area contributed by atoms with Crippen molar-refractivity contribution in [3.8, 4) is 0 Å². The van der Waals surface area contributed by atoms with Crippen LogP contribution in [0.2, 0.25) is 0 Å². The summed E-state index contributed by atoms with van der Waals surface area (Å²) in [6.45, 7) is 6.62. The van der Waals surface area contributed by atoms with Crippen molar-refractivity contribution < 1.29 is 14.3 Å². The molecule has 0 spiro atoms. The van der Waals surface area contributed by atoms with Gasteiger partial charge in [0.25, 0.3) is 0 Å². The maximum atomic E-state index is 11.9. The molecule has 2 aliphatic carbocycles. The third-order valence-corrected chi connectivity index (χ3v) is 4.60. The first-order valence-corrected chi connectivity index (χ1v) is 7.94. The quantitative estimate of drug-likeness (QED) is 0.788. The minimum absolute atomic E-state index is 0.000582. The van der Waals surface area contributed by atoms with E-state index in [4.69, 9.17) is 4.74 Å². The maximum absolute atomic E-state index is 11.9. The van der Waals surface area contributed by atoms with Gasteiger partial charge in [0.1, 0.15) is 12.6 Å². The highest BCUT2D eigenvalue weighted by Crippen LogP contribution is 2.35. The first kappa shape index (κ1) is 15.3. The molecule has 2 rings (SSSR count). The van der Waals surface area contributed by atoms with E-state index in [9.17, 15) is 9.59 Å². The van der Waals surface area contributed by atoms with Gasteiger partial charge in [-0.15, -0.1) is 0 Å². The van der Waals surface area contributed by atoms with Crippen LogP contribution in [-0.2, 0) is 14.3 Å². The molecule has 3 unspecified atom stereocenters. The molecule has 1 amide bonds. The van der Waals surface area contributed by atoms with Gasteiger partial charge in [-0.2, -0.15) is 0 Å². The highest BCUT2D eigenvalue weighted by Gasteiger charge is 2.34. The van der Waals surface area contributed by atoms with E-state index in [-0.39, 0.29) is 30.4 Å². The number of ether oxygens (including phenoxy) is 1. The summed E-state index contributed by atoms with van der Waals surface area (Å²) in [5, 5.41) is 2.68. The lowest BCUT2D eigenvalue weighted by atomic mass is 9.75. The summed E-state index contributed by atoms with van der Waals surface area (Å²) in [6.07, 6.45) is 5.22. The minimum Gasteiger partial charge on any atom is -0.461 e. The molecule has 3 atom stereocenters. The highest BCUT2D eigenvalue weighted by atomic mass is 16.5. The molecule has 0 aromatic heterocycles. The second-order valence-corrected chi connectivity index (χ2v) is 6.85. The van der Waals surface area contributed by atoms with Gasteiger partial charge in [-0.05, 0) is 43.4 Å². The van der Waals surface area contributed by atoms with Gasteiger partial charge in [0.05, 0.1) is 0 Å². The van der Waals surface area contributed by atoms with Crippen LogP contribution >= 0.6 is 0 Å². The average Bonchev–Trinajstić information content (AvgIpc) is 3.19. The molecule has 2 fully saturated rings. The van der Waals surface area contributed by atoms with Crippen LogP contribution in [-0.4, -0.2) is 24.5 Å². The Morgan fingerprint density at radius 3 is 2.50 bits per heavy atom. The third-order valence-electron chi connectivity index (χ3n) is 4.60. The van der Waals surface area contributed by atoms with E-state index in [0.717, 1.165) is 25.7 Å². The molecule has 0 heterocycles. The molecule has 4 nitrogen and oxygen atoms in total. The van der Waals surface area contributed by atoms with E-state index < -0.39 is 0 Å². The lowest BCUT2D eigenvalue weighted by Crippen LogP contribution is -2.39. The Bertz CT molecular complexity index is 363. The smallest absolute Gasteiger partial charge is 0.325 e. The summed E-state index contributed by atoms with van der Waals surface area (Å²) < 4.78 is 5.63. The predicted molar refractivity (Wildman–Crippen MR) is 77.0 cm³/mol. The summed E-state index contributed by atoms with van der Waals surface area (Å²) in [4.78, 5) is 23.4. The van der Waals surface area contributed by atoms with Crippen LogP contribution in [0, 0.1) is 23.7 Å². The fourth-order valence-corrected chi connectivity index (χ4v) is 3.11. The van der Waals surface area contributed by atoms with E-state index in [2.05, 4.69) is 26.1 Å². The Kier molecular flexibility index (Phi) is 5.06. The molecule has 2 aliphatic rings. The zero-order valence-electron chi connectivity index (χ0n) is 12.9. The topological polar surface area (TPSA) is 55.4 Å². The van der Waals surface area contributed by atoms with Gasteiger partial charge in [-0.1, -0.05) is 27.2 Å². The van der Waals surface area contributed by atoms with Crippen molar-refractivity contribution in [1.82, 2.24) is 5.32 Å². The van der Waals surface area contributed by atoms with Crippen molar-refractivity contribution >= 4 is 11.9 Å². The SMILES string of the molecule is CC1CCC(C(C)C)C(OC(=O)CNC(=O)C2CC2)C1. The molecule has 0 aliphatic heterocycles. The Labute approximate surface area is 121 Å².